The number of nitriles is 1. The van der Waals surface area contributed by atoms with Gasteiger partial charge in [-0.25, -0.2) is 0 Å². The maximum Gasteiger partial charge on any atom is 0.270 e. The molecule has 0 aromatic heterocycles. The molecule has 0 saturated heterocycles. The maximum absolute atomic E-state index is 12.3. The number of amides is 1. The van der Waals surface area contributed by atoms with Crippen molar-refractivity contribution < 1.29 is 9.53 Å². The average Bonchev–Trinajstić information content (AvgIpc) is 2.31. The van der Waals surface area contributed by atoms with E-state index in [1.165, 1.54) is 0 Å². The molecule has 0 aliphatic carbocycles. The molecule has 4 heteroatoms. The zero-order valence-corrected chi connectivity index (χ0v) is 10.9. The summed E-state index contributed by atoms with van der Waals surface area (Å²) in [6.45, 7) is 5.86. The van der Waals surface area contributed by atoms with Crippen LogP contribution in [0.1, 0.15) is 25.8 Å². The Kier molecular flexibility index (Phi) is 3.00. The average molecular weight is 244 g/mol. The van der Waals surface area contributed by atoms with Gasteiger partial charge in [-0.15, -0.1) is 0 Å². The number of ether oxygens (including phenoxy) is 1. The van der Waals surface area contributed by atoms with E-state index < -0.39 is 5.60 Å². The highest BCUT2D eigenvalue weighted by atomic mass is 16.5. The molecule has 1 amide bonds. The number of fused-ring (bicyclic) bond motifs is 1. The molecule has 1 aliphatic rings. The summed E-state index contributed by atoms with van der Waals surface area (Å²) in [6.07, 6.45) is 0.315. The van der Waals surface area contributed by atoms with Crippen LogP contribution in [-0.2, 0) is 4.79 Å². The first-order valence-corrected chi connectivity index (χ1v) is 5.94. The van der Waals surface area contributed by atoms with Gasteiger partial charge in [-0.3, -0.25) is 4.79 Å². The van der Waals surface area contributed by atoms with Crippen LogP contribution in [0.5, 0.6) is 5.75 Å². The first-order chi connectivity index (χ1) is 8.45. The van der Waals surface area contributed by atoms with Crippen LogP contribution in [0.4, 0.5) is 5.69 Å². The molecule has 1 aromatic rings. The third-order valence-electron chi connectivity index (χ3n) is 2.98. The van der Waals surface area contributed by atoms with Crippen molar-refractivity contribution in [2.75, 3.05) is 11.4 Å². The zero-order chi connectivity index (χ0) is 13.3. The SMILES string of the molecule is Cc1ccc2c(c1)N(CCC#N)C(=O)C(C)(C)O2. The molecule has 0 fully saturated rings. The van der Waals surface area contributed by atoms with Gasteiger partial charge in [-0.05, 0) is 38.5 Å². The number of carbonyl (C=O) groups is 1. The summed E-state index contributed by atoms with van der Waals surface area (Å²) < 4.78 is 5.72. The lowest BCUT2D eigenvalue weighted by Gasteiger charge is -2.38. The standard InChI is InChI=1S/C14H16N2O2/c1-10-5-6-12-11(9-10)16(8-4-7-15)13(17)14(2,3)18-12/h5-6,9H,4,8H2,1-3H3. The number of carbonyl (C=O) groups excluding carboxylic acids is 1. The molecule has 0 N–H and O–H groups in total. The first kappa shape index (κ1) is 12.4. The highest BCUT2D eigenvalue weighted by Crippen LogP contribution is 2.38. The van der Waals surface area contributed by atoms with Crippen molar-refractivity contribution in [2.45, 2.75) is 32.8 Å². The second kappa shape index (κ2) is 4.34. The van der Waals surface area contributed by atoms with E-state index in [9.17, 15) is 4.79 Å². The summed E-state index contributed by atoms with van der Waals surface area (Å²) in [5.41, 5.74) is 0.943. The minimum absolute atomic E-state index is 0.101. The van der Waals surface area contributed by atoms with Crippen molar-refractivity contribution in [2.24, 2.45) is 0 Å². The topological polar surface area (TPSA) is 53.3 Å². The van der Waals surface area contributed by atoms with Crippen molar-refractivity contribution in [3.05, 3.63) is 23.8 Å². The van der Waals surface area contributed by atoms with E-state index >= 15 is 0 Å². The Hall–Kier alpha value is -2.02. The van der Waals surface area contributed by atoms with Crippen molar-refractivity contribution in [3.63, 3.8) is 0 Å². The van der Waals surface area contributed by atoms with E-state index in [1.807, 2.05) is 25.1 Å². The Bertz CT molecular complexity index is 529. The number of benzene rings is 1. The molecule has 94 valence electrons. The van der Waals surface area contributed by atoms with Gasteiger partial charge in [0.2, 0.25) is 0 Å². The third kappa shape index (κ3) is 2.04. The maximum atomic E-state index is 12.3. The van der Waals surface area contributed by atoms with Crippen LogP contribution >= 0.6 is 0 Å². The van der Waals surface area contributed by atoms with Gasteiger partial charge in [0.1, 0.15) is 5.75 Å². The van der Waals surface area contributed by atoms with Crippen molar-refractivity contribution in [1.29, 1.82) is 5.26 Å². The molecule has 1 heterocycles. The van der Waals surface area contributed by atoms with E-state index in [-0.39, 0.29) is 5.91 Å². The molecule has 0 unspecified atom stereocenters. The Morgan fingerprint density at radius 2 is 2.17 bits per heavy atom. The number of hydrogen-bond acceptors (Lipinski definition) is 3. The van der Waals surface area contributed by atoms with E-state index in [0.29, 0.717) is 18.7 Å². The smallest absolute Gasteiger partial charge is 0.270 e. The number of hydrogen-bond donors (Lipinski definition) is 0. The van der Waals surface area contributed by atoms with Crippen LogP contribution in [0.25, 0.3) is 0 Å². The molecule has 18 heavy (non-hydrogen) atoms. The van der Waals surface area contributed by atoms with Gasteiger partial charge >= 0.3 is 0 Å². The lowest BCUT2D eigenvalue weighted by atomic mass is 10.0. The van der Waals surface area contributed by atoms with Gasteiger partial charge in [0.15, 0.2) is 5.60 Å². The Labute approximate surface area is 107 Å². The quantitative estimate of drug-likeness (QED) is 0.802. The van der Waals surface area contributed by atoms with Gasteiger partial charge in [-0.2, -0.15) is 5.26 Å². The summed E-state index contributed by atoms with van der Waals surface area (Å²) in [6, 6.07) is 7.81. The molecule has 2 rings (SSSR count). The lowest BCUT2D eigenvalue weighted by molar-refractivity contribution is -0.132. The monoisotopic (exact) mass is 244 g/mol. The predicted molar refractivity (Wildman–Crippen MR) is 68.5 cm³/mol. The molecule has 0 bridgehead atoms. The predicted octanol–water partition coefficient (Wildman–Crippen LogP) is 2.41. The number of rotatable bonds is 2. The fraction of sp³-hybridized carbons (Fsp3) is 0.429. The summed E-state index contributed by atoms with van der Waals surface area (Å²) in [5, 5.41) is 8.70. The van der Waals surface area contributed by atoms with Gasteiger partial charge < -0.3 is 9.64 Å². The van der Waals surface area contributed by atoms with Gasteiger partial charge in [0.25, 0.3) is 5.91 Å². The van der Waals surface area contributed by atoms with Gasteiger partial charge in [0, 0.05) is 6.54 Å². The van der Waals surface area contributed by atoms with Crippen LogP contribution in [-0.4, -0.2) is 18.1 Å². The molecule has 4 nitrogen and oxygen atoms in total. The van der Waals surface area contributed by atoms with Crippen molar-refractivity contribution >= 4 is 11.6 Å². The molecule has 0 radical (unpaired) electrons. The number of anilines is 1. The summed E-state index contributed by atoms with van der Waals surface area (Å²) in [5.74, 6) is 0.596. The first-order valence-electron chi connectivity index (χ1n) is 5.94. The molecule has 1 aliphatic heterocycles. The second-order valence-corrected chi connectivity index (χ2v) is 4.95. The van der Waals surface area contributed by atoms with Crippen LogP contribution < -0.4 is 9.64 Å². The highest BCUT2D eigenvalue weighted by molar-refractivity contribution is 6.02. The van der Waals surface area contributed by atoms with E-state index in [1.54, 1.807) is 18.7 Å². The molecule has 0 atom stereocenters. The van der Waals surface area contributed by atoms with Crippen LogP contribution in [0, 0.1) is 18.3 Å². The second-order valence-electron chi connectivity index (χ2n) is 4.95. The normalized spacial score (nSPS) is 16.8. The summed E-state index contributed by atoms with van der Waals surface area (Å²) in [4.78, 5) is 14.0. The molecular formula is C14H16N2O2. The summed E-state index contributed by atoms with van der Waals surface area (Å²) in [7, 11) is 0. The van der Waals surface area contributed by atoms with E-state index in [0.717, 1.165) is 11.3 Å². The highest BCUT2D eigenvalue weighted by Gasteiger charge is 2.40. The molecular weight excluding hydrogens is 228 g/mol. The fourth-order valence-corrected chi connectivity index (χ4v) is 2.06. The number of aryl methyl sites for hydroxylation is 1. The largest absolute Gasteiger partial charge is 0.476 e. The van der Waals surface area contributed by atoms with Crippen LogP contribution in [0.2, 0.25) is 0 Å². The zero-order valence-electron chi connectivity index (χ0n) is 10.9. The van der Waals surface area contributed by atoms with Crippen LogP contribution in [0.15, 0.2) is 18.2 Å². The van der Waals surface area contributed by atoms with E-state index in [4.69, 9.17) is 10.00 Å². The summed E-state index contributed by atoms with van der Waals surface area (Å²) >= 11 is 0. The third-order valence-corrected chi connectivity index (χ3v) is 2.98. The van der Waals surface area contributed by atoms with Gasteiger partial charge in [-0.1, -0.05) is 6.07 Å². The molecule has 0 saturated carbocycles. The Balaban J connectivity index is 2.47. The van der Waals surface area contributed by atoms with E-state index in [2.05, 4.69) is 6.07 Å². The van der Waals surface area contributed by atoms with Crippen LogP contribution in [0.3, 0.4) is 0 Å². The van der Waals surface area contributed by atoms with Gasteiger partial charge in [0.05, 0.1) is 18.2 Å². The fourth-order valence-electron chi connectivity index (χ4n) is 2.06. The lowest BCUT2D eigenvalue weighted by Crippen LogP contribution is -2.52. The minimum atomic E-state index is -0.877. The Morgan fingerprint density at radius 1 is 1.44 bits per heavy atom. The molecule has 1 aromatic carbocycles. The Morgan fingerprint density at radius 3 is 2.83 bits per heavy atom. The number of nitrogens with zero attached hydrogens (tertiary/aromatic N) is 2. The molecule has 0 spiro atoms. The van der Waals surface area contributed by atoms with Crippen molar-refractivity contribution in [1.82, 2.24) is 0 Å². The minimum Gasteiger partial charge on any atom is -0.476 e. The van der Waals surface area contributed by atoms with Crippen molar-refractivity contribution in [3.8, 4) is 11.8 Å².